The summed E-state index contributed by atoms with van der Waals surface area (Å²) >= 11 is 3.55. The maximum Gasteiger partial charge on any atom is 0.187 e. The first-order valence-corrected chi connectivity index (χ1v) is 14.1. The molecule has 4 heterocycles. The predicted octanol–water partition coefficient (Wildman–Crippen LogP) is 4.71. The first-order valence-electron chi connectivity index (χ1n) is 12.2. The van der Waals surface area contributed by atoms with Crippen LogP contribution in [0, 0.1) is 6.92 Å². The van der Waals surface area contributed by atoms with E-state index in [1.165, 1.54) is 34.7 Å². The molecule has 2 saturated heterocycles. The van der Waals surface area contributed by atoms with E-state index in [-0.39, 0.29) is 0 Å². The van der Waals surface area contributed by atoms with Crippen LogP contribution in [-0.2, 0) is 11.3 Å². The molecule has 8 heteroatoms. The molecule has 2 aliphatic rings. The zero-order chi connectivity index (χ0) is 23.2. The zero-order valence-corrected chi connectivity index (χ0v) is 21.5. The summed E-state index contributed by atoms with van der Waals surface area (Å²) in [4.78, 5) is 19.6. The van der Waals surface area contributed by atoms with Gasteiger partial charge in [-0.15, -0.1) is 11.3 Å². The van der Waals surface area contributed by atoms with Gasteiger partial charge in [-0.3, -0.25) is 9.80 Å². The Kier molecular flexibility index (Phi) is 8.24. The number of likely N-dealkylation sites (tertiary alicyclic amines) is 1. The molecular weight excluding hydrogens is 462 g/mol. The second-order valence-electron chi connectivity index (χ2n) is 9.09. The van der Waals surface area contributed by atoms with E-state index in [0.29, 0.717) is 5.92 Å². The second kappa shape index (κ2) is 11.7. The minimum Gasteiger partial charge on any atom is -0.379 e. The molecule has 0 amide bonds. The van der Waals surface area contributed by atoms with E-state index in [1.807, 2.05) is 12.3 Å². The molecule has 0 radical (unpaired) electrons. The average Bonchev–Trinajstić information content (AvgIpc) is 3.35. The van der Waals surface area contributed by atoms with Gasteiger partial charge in [0.05, 0.1) is 31.1 Å². The van der Waals surface area contributed by atoms with Crippen LogP contribution < -0.4 is 0 Å². The molecule has 0 aliphatic carbocycles. The molecule has 3 aromatic rings. The third kappa shape index (κ3) is 6.23. The van der Waals surface area contributed by atoms with Gasteiger partial charge in [0.25, 0.3) is 0 Å². The van der Waals surface area contributed by atoms with Gasteiger partial charge in [0.15, 0.2) is 5.16 Å². The molecule has 2 aromatic heterocycles. The van der Waals surface area contributed by atoms with Crippen molar-refractivity contribution in [3.05, 3.63) is 58.2 Å². The van der Waals surface area contributed by atoms with E-state index in [1.54, 1.807) is 23.1 Å². The summed E-state index contributed by atoms with van der Waals surface area (Å²) in [5.41, 5.74) is 4.72. The lowest BCUT2D eigenvalue weighted by Crippen LogP contribution is -2.37. The summed E-state index contributed by atoms with van der Waals surface area (Å²) in [6.45, 7) is 10.1. The Labute approximate surface area is 210 Å². The number of ether oxygens (including phenoxy) is 1. The Balaban J connectivity index is 1.18. The van der Waals surface area contributed by atoms with Gasteiger partial charge in [-0.2, -0.15) is 0 Å². The van der Waals surface area contributed by atoms with Crippen molar-refractivity contribution in [2.75, 3.05) is 51.7 Å². The molecule has 2 aliphatic heterocycles. The van der Waals surface area contributed by atoms with Crippen LogP contribution in [0.3, 0.4) is 0 Å². The summed E-state index contributed by atoms with van der Waals surface area (Å²) in [5, 5.41) is 4.29. The van der Waals surface area contributed by atoms with Crippen molar-refractivity contribution in [3.63, 3.8) is 0 Å². The van der Waals surface area contributed by atoms with Gasteiger partial charge in [0, 0.05) is 55.0 Å². The number of morpholine rings is 1. The highest BCUT2D eigenvalue weighted by Crippen LogP contribution is 2.30. The Hall–Kier alpha value is -1.84. The molecule has 0 saturated carbocycles. The van der Waals surface area contributed by atoms with Crippen LogP contribution >= 0.6 is 23.1 Å². The van der Waals surface area contributed by atoms with E-state index in [9.17, 15) is 0 Å². The highest BCUT2D eigenvalue weighted by atomic mass is 32.2. The summed E-state index contributed by atoms with van der Waals surface area (Å²) < 4.78 is 5.45. The number of thioether (sulfide) groups is 1. The Bertz CT molecular complexity index is 1050. The summed E-state index contributed by atoms with van der Waals surface area (Å²) in [7, 11) is 0. The maximum atomic E-state index is 5.45. The zero-order valence-electron chi connectivity index (χ0n) is 19.9. The summed E-state index contributed by atoms with van der Waals surface area (Å²) in [5.74, 6) is 1.48. The molecular formula is C26H33N5OS2. The van der Waals surface area contributed by atoms with Crippen LogP contribution in [0.15, 0.2) is 47.1 Å². The van der Waals surface area contributed by atoms with Gasteiger partial charge in [0.1, 0.15) is 5.01 Å². The van der Waals surface area contributed by atoms with Gasteiger partial charge >= 0.3 is 0 Å². The lowest BCUT2D eigenvalue weighted by atomic mass is 9.92. The molecule has 2 fully saturated rings. The van der Waals surface area contributed by atoms with Crippen molar-refractivity contribution in [1.82, 2.24) is 24.8 Å². The maximum absolute atomic E-state index is 5.45. The van der Waals surface area contributed by atoms with Gasteiger partial charge in [-0.25, -0.2) is 15.0 Å². The van der Waals surface area contributed by atoms with Gasteiger partial charge in [0.2, 0.25) is 0 Å². The van der Waals surface area contributed by atoms with Crippen LogP contribution in [0.1, 0.15) is 35.0 Å². The van der Waals surface area contributed by atoms with Gasteiger partial charge in [-0.1, -0.05) is 42.1 Å². The number of thiazole rings is 1. The summed E-state index contributed by atoms with van der Waals surface area (Å²) in [6.07, 6.45) is 4.41. The highest BCUT2D eigenvalue weighted by Gasteiger charge is 2.25. The number of piperidine rings is 1. The summed E-state index contributed by atoms with van der Waals surface area (Å²) in [6, 6.07) is 10.5. The number of aryl methyl sites for hydroxylation is 1. The highest BCUT2D eigenvalue weighted by molar-refractivity contribution is 7.99. The Morgan fingerprint density at radius 3 is 2.79 bits per heavy atom. The first-order chi connectivity index (χ1) is 16.7. The number of nitrogens with zero attached hydrogens (tertiary/aromatic N) is 5. The number of benzene rings is 1. The monoisotopic (exact) mass is 495 g/mol. The number of rotatable bonds is 8. The number of hydrogen-bond donors (Lipinski definition) is 0. The molecule has 0 spiro atoms. The smallest absolute Gasteiger partial charge is 0.187 e. The van der Waals surface area contributed by atoms with Crippen molar-refractivity contribution in [2.24, 2.45) is 0 Å². The normalized spacial score (nSPS) is 20.0. The minimum absolute atomic E-state index is 0.462. The van der Waals surface area contributed by atoms with Crippen LogP contribution in [0.25, 0.3) is 11.3 Å². The quantitative estimate of drug-likeness (QED) is 0.331. The van der Waals surface area contributed by atoms with E-state index in [0.717, 1.165) is 69.1 Å². The standard InChI is InChI=1S/C26H33N5OS2/c1-20-16-27-26(33-15-12-30-10-13-32-14-11-30)29-25(20)22-8-5-9-31(17-22)18-24-28-23(19-34-24)21-6-3-2-4-7-21/h2-4,6-7,16,19,22H,5,8-15,17-18H2,1H3. The van der Waals surface area contributed by atoms with Crippen LogP contribution in [0.4, 0.5) is 0 Å². The molecule has 1 aromatic carbocycles. The molecule has 1 atom stereocenters. The van der Waals surface area contributed by atoms with Gasteiger partial charge in [-0.05, 0) is 31.9 Å². The lowest BCUT2D eigenvalue weighted by Gasteiger charge is -2.32. The topological polar surface area (TPSA) is 54.4 Å². The third-order valence-electron chi connectivity index (χ3n) is 6.60. The van der Waals surface area contributed by atoms with Crippen LogP contribution in [0.5, 0.6) is 0 Å². The predicted molar refractivity (Wildman–Crippen MR) is 140 cm³/mol. The Morgan fingerprint density at radius 1 is 1.09 bits per heavy atom. The van der Waals surface area contributed by atoms with Crippen molar-refractivity contribution in [2.45, 2.75) is 37.4 Å². The fraction of sp³-hybridized carbons (Fsp3) is 0.500. The van der Waals surface area contributed by atoms with E-state index in [4.69, 9.17) is 14.7 Å². The lowest BCUT2D eigenvalue weighted by molar-refractivity contribution is 0.0410. The van der Waals surface area contributed by atoms with Crippen LogP contribution in [-0.4, -0.2) is 76.4 Å². The van der Waals surface area contributed by atoms with Gasteiger partial charge < -0.3 is 4.74 Å². The molecule has 5 rings (SSSR count). The second-order valence-corrected chi connectivity index (χ2v) is 11.1. The van der Waals surface area contributed by atoms with Crippen LogP contribution in [0.2, 0.25) is 0 Å². The SMILES string of the molecule is Cc1cnc(SCCN2CCOCC2)nc1C1CCCN(Cc2nc(-c3ccccc3)cs2)C1. The van der Waals surface area contributed by atoms with E-state index in [2.05, 4.69) is 51.4 Å². The average molecular weight is 496 g/mol. The molecule has 0 bridgehead atoms. The molecule has 180 valence electrons. The van der Waals surface area contributed by atoms with Crippen molar-refractivity contribution >= 4 is 23.1 Å². The number of aromatic nitrogens is 3. The van der Waals surface area contributed by atoms with Crippen molar-refractivity contribution in [3.8, 4) is 11.3 Å². The van der Waals surface area contributed by atoms with Crippen molar-refractivity contribution < 1.29 is 4.74 Å². The van der Waals surface area contributed by atoms with Crippen molar-refractivity contribution in [1.29, 1.82) is 0 Å². The van der Waals surface area contributed by atoms with E-state index < -0.39 is 0 Å². The first kappa shape index (κ1) is 23.9. The fourth-order valence-corrected chi connectivity index (χ4v) is 6.42. The molecule has 34 heavy (non-hydrogen) atoms. The minimum atomic E-state index is 0.462. The molecule has 1 unspecified atom stereocenters. The Morgan fingerprint density at radius 2 is 1.94 bits per heavy atom. The number of hydrogen-bond acceptors (Lipinski definition) is 8. The van der Waals surface area contributed by atoms with E-state index >= 15 is 0 Å². The molecule has 0 N–H and O–H groups in total. The molecule has 6 nitrogen and oxygen atoms in total. The largest absolute Gasteiger partial charge is 0.379 e. The third-order valence-corrected chi connectivity index (χ3v) is 8.28. The fourth-order valence-electron chi connectivity index (χ4n) is 4.75.